The largest absolute Gasteiger partial charge is 0.457 e. The first kappa shape index (κ1) is 16.3. The summed E-state index contributed by atoms with van der Waals surface area (Å²) in [6.07, 6.45) is 0. The second-order valence-corrected chi connectivity index (χ2v) is 5.84. The van der Waals surface area contributed by atoms with Crippen molar-refractivity contribution >= 4 is 22.6 Å². The van der Waals surface area contributed by atoms with Crippen LogP contribution < -0.4 is 10.2 Å². The molecule has 0 saturated heterocycles. The summed E-state index contributed by atoms with van der Waals surface area (Å²) in [5.74, 6) is 0.267. The third-order valence-corrected chi connectivity index (χ3v) is 4.21. The number of carbonyl (C=O) groups excluding carboxylic acids is 2. The van der Waals surface area contributed by atoms with Crippen LogP contribution in [-0.2, 0) is 0 Å². The summed E-state index contributed by atoms with van der Waals surface area (Å²) in [5.41, 5.74) is 3.28. The highest BCUT2D eigenvalue weighted by Crippen LogP contribution is 2.37. The number of para-hydroxylation sites is 1. The van der Waals surface area contributed by atoms with Crippen molar-refractivity contribution in [2.45, 2.75) is 0 Å². The lowest BCUT2D eigenvalue weighted by atomic mass is 9.99. The highest BCUT2D eigenvalue weighted by Gasteiger charge is 2.38. The number of carbonyl (C=O) groups is 2. The molecule has 0 spiro atoms. The molecule has 130 valence electrons. The quantitative estimate of drug-likeness (QED) is 0.693. The Labute approximate surface area is 149 Å². The average molecular weight is 348 g/mol. The second kappa shape index (κ2) is 6.59. The van der Waals surface area contributed by atoms with Gasteiger partial charge in [0.15, 0.2) is 0 Å². The fourth-order valence-electron chi connectivity index (χ4n) is 3.07. The number of benzene rings is 3. The molecular formula is C20H16N2O4. The number of fused-ring (bicyclic) bond motifs is 3. The van der Waals surface area contributed by atoms with Crippen molar-refractivity contribution in [2.24, 2.45) is 0 Å². The molecule has 3 aromatic carbocycles. The number of ether oxygens (including phenoxy) is 1. The molecule has 6 nitrogen and oxygen atoms in total. The Kier molecular flexibility index (Phi) is 4.12. The number of nitrogens with zero attached hydrogens (tertiary/aromatic N) is 1. The van der Waals surface area contributed by atoms with E-state index >= 15 is 0 Å². The second-order valence-electron chi connectivity index (χ2n) is 5.84. The zero-order valence-corrected chi connectivity index (χ0v) is 13.8. The van der Waals surface area contributed by atoms with Crippen LogP contribution in [0.3, 0.4) is 0 Å². The van der Waals surface area contributed by atoms with Crippen LogP contribution in [-0.4, -0.2) is 35.1 Å². The van der Waals surface area contributed by atoms with Gasteiger partial charge in [0.25, 0.3) is 11.8 Å². The Bertz CT molecular complexity index is 1000. The van der Waals surface area contributed by atoms with Gasteiger partial charge in [-0.2, -0.15) is 0 Å². The number of imide groups is 1. The lowest BCUT2D eigenvalue weighted by Gasteiger charge is -2.13. The first-order valence-corrected chi connectivity index (χ1v) is 8.22. The molecule has 2 amide bonds. The van der Waals surface area contributed by atoms with E-state index in [0.29, 0.717) is 22.4 Å². The van der Waals surface area contributed by atoms with E-state index in [4.69, 9.17) is 9.84 Å². The van der Waals surface area contributed by atoms with Crippen LogP contribution in [0.25, 0.3) is 10.8 Å². The van der Waals surface area contributed by atoms with E-state index in [1.807, 2.05) is 48.5 Å². The summed E-state index contributed by atoms with van der Waals surface area (Å²) in [6.45, 7) is -0.0761. The van der Waals surface area contributed by atoms with Crippen molar-refractivity contribution in [3.8, 4) is 11.5 Å². The smallest absolute Gasteiger partial charge is 0.276 e. The van der Waals surface area contributed by atoms with Crippen LogP contribution in [0.5, 0.6) is 11.5 Å². The molecule has 1 heterocycles. The lowest BCUT2D eigenvalue weighted by molar-refractivity contribution is 0.0556. The van der Waals surface area contributed by atoms with Gasteiger partial charge < -0.3 is 9.84 Å². The first-order chi connectivity index (χ1) is 12.7. The van der Waals surface area contributed by atoms with Crippen molar-refractivity contribution in [2.75, 3.05) is 13.2 Å². The predicted octanol–water partition coefficient (Wildman–Crippen LogP) is 2.73. The standard InChI is InChI=1S/C20H16N2O4/c23-11-10-21-22-19(24)16-12-17(26-13-6-2-1-3-7-13)14-8-4-5-9-15(14)18(16)20(22)25/h1-9,12,21,23H,10-11H2. The molecular weight excluding hydrogens is 332 g/mol. The molecule has 0 aliphatic carbocycles. The van der Waals surface area contributed by atoms with E-state index in [2.05, 4.69) is 5.43 Å². The SMILES string of the molecule is O=C1c2cc(Oc3ccccc3)c3ccccc3c2C(=O)N1NCCO. The van der Waals surface area contributed by atoms with Crippen molar-refractivity contribution in [3.05, 3.63) is 71.8 Å². The van der Waals surface area contributed by atoms with E-state index in [0.717, 1.165) is 10.4 Å². The summed E-state index contributed by atoms with van der Waals surface area (Å²) in [6, 6.07) is 18.2. The third-order valence-electron chi connectivity index (χ3n) is 4.21. The Morgan fingerprint density at radius 3 is 2.35 bits per heavy atom. The fraction of sp³-hybridized carbons (Fsp3) is 0.100. The van der Waals surface area contributed by atoms with Gasteiger partial charge in [0.2, 0.25) is 0 Å². The maximum Gasteiger partial charge on any atom is 0.276 e. The van der Waals surface area contributed by atoms with Gasteiger partial charge in [-0.1, -0.05) is 42.5 Å². The van der Waals surface area contributed by atoms with Crippen LogP contribution in [0, 0.1) is 0 Å². The van der Waals surface area contributed by atoms with E-state index in [1.165, 1.54) is 0 Å². The number of aliphatic hydroxyl groups excluding tert-OH is 1. The minimum atomic E-state index is -0.456. The fourth-order valence-corrected chi connectivity index (χ4v) is 3.07. The van der Waals surface area contributed by atoms with Crippen molar-refractivity contribution < 1.29 is 19.4 Å². The molecule has 1 aliphatic heterocycles. The molecule has 0 atom stereocenters. The average Bonchev–Trinajstić information content (AvgIpc) is 2.91. The molecule has 1 aliphatic rings. The summed E-state index contributed by atoms with van der Waals surface area (Å²) in [7, 11) is 0. The van der Waals surface area contributed by atoms with Gasteiger partial charge in [-0.25, -0.2) is 10.4 Å². The zero-order valence-electron chi connectivity index (χ0n) is 13.8. The number of aliphatic hydroxyl groups is 1. The van der Waals surface area contributed by atoms with Crippen LogP contribution in [0.2, 0.25) is 0 Å². The number of hydrogen-bond acceptors (Lipinski definition) is 5. The van der Waals surface area contributed by atoms with E-state index < -0.39 is 11.8 Å². The Morgan fingerprint density at radius 1 is 0.923 bits per heavy atom. The zero-order chi connectivity index (χ0) is 18.1. The molecule has 0 unspecified atom stereocenters. The number of nitrogens with one attached hydrogen (secondary N) is 1. The van der Waals surface area contributed by atoms with Gasteiger partial charge in [0, 0.05) is 11.9 Å². The lowest BCUT2D eigenvalue weighted by Crippen LogP contribution is -2.43. The minimum absolute atomic E-state index is 0.108. The van der Waals surface area contributed by atoms with Crippen molar-refractivity contribution in [1.82, 2.24) is 10.4 Å². The van der Waals surface area contributed by atoms with Crippen molar-refractivity contribution in [1.29, 1.82) is 0 Å². The summed E-state index contributed by atoms with van der Waals surface area (Å²) in [4.78, 5) is 25.4. The highest BCUT2D eigenvalue weighted by atomic mass is 16.5. The minimum Gasteiger partial charge on any atom is -0.457 e. The van der Waals surface area contributed by atoms with Crippen molar-refractivity contribution in [3.63, 3.8) is 0 Å². The van der Waals surface area contributed by atoms with Gasteiger partial charge >= 0.3 is 0 Å². The molecule has 26 heavy (non-hydrogen) atoms. The van der Waals surface area contributed by atoms with Crippen LogP contribution in [0.15, 0.2) is 60.7 Å². The predicted molar refractivity (Wildman–Crippen MR) is 96.1 cm³/mol. The molecule has 4 rings (SSSR count). The molecule has 0 fully saturated rings. The Hall–Kier alpha value is -3.22. The summed E-state index contributed by atoms with van der Waals surface area (Å²) >= 11 is 0. The summed E-state index contributed by atoms with van der Waals surface area (Å²) in [5, 5.41) is 11.3. The maximum absolute atomic E-state index is 12.7. The van der Waals surface area contributed by atoms with E-state index in [-0.39, 0.29) is 18.7 Å². The van der Waals surface area contributed by atoms with Gasteiger partial charge in [-0.05, 0) is 23.6 Å². The topological polar surface area (TPSA) is 78.9 Å². The van der Waals surface area contributed by atoms with Gasteiger partial charge in [-0.3, -0.25) is 9.59 Å². The van der Waals surface area contributed by atoms with Gasteiger partial charge in [0.1, 0.15) is 11.5 Å². The Balaban J connectivity index is 1.85. The normalized spacial score (nSPS) is 13.3. The van der Waals surface area contributed by atoms with E-state index in [1.54, 1.807) is 12.1 Å². The van der Waals surface area contributed by atoms with Gasteiger partial charge in [0.05, 0.1) is 17.7 Å². The third kappa shape index (κ3) is 2.61. The number of hydrazine groups is 1. The van der Waals surface area contributed by atoms with E-state index in [9.17, 15) is 9.59 Å². The van der Waals surface area contributed by atoms with Crippen LogP contribution in [0.4, 0.5) is 0 Å². The molecule has 0 saturated carbocycles. The molecule has 2 N–H and O–H groups in total. The van der Waals surface area contributed by atoms with Crippen LogP contribution in [0.1, 0.15) is 20.7 Å². The molecule has 0 radical (unpaired) electrons. The van der Waals surface area contributed by atoms with Gasteiger partial charge in [-0.15, -0.1) is 0 Å². The highest BCUT2D eigenvalue weighted by molar-refractivity contribution is 6.27. The number of amides is 2. The molecule has 0 bridgehead atoms. The molecule has 3 aromatic rings. The number of rotatable bonds is 5. The van der Waals surface area contributed by atoms with Crippen LogP contribution >= 0.6 is 0 Å². The monoisotopic (exact) mass is 348 g/mol. The summed E-state index contributed by atoms with van der Waals surface area (Å²) < 4.78 is 5.97. The Morgan fingerprint density at radius 2 is 1.62 bits per heavy atom. The first-order valence-electron chi connectivity index (χ1n) is 8.22. The maximum atomic E-state index is 12.7. The number of hydrogen-bond donors (Lipinski definition) is 2. The molecule has 6 heteroatoms. The molecule has 0 aromatic heterocycles.